The Morgan fingerprint density at radius 1 is 0.941 bits per heavy atom. The molecule has 17 heavy (non-hydrogen) atoms. The molecule has 2 rings (SSSR count). The van der Waals surface area contributed by atoms with E-state index in [9.17, 15) is 9.18 Å². The van der Waals surface area contributed by atoms with Crippen molar-refractivity contribution >= 4 is 17.3 Å². The maximum absolute atomic E-state index is 12.7. The van der Waals surface area contributed by atoms with Gasteiger partial charge in [0.05, 0.1) is 0 Å². The van der Waals surface area contributed by atoms with Gasteiger partial charge in [-0.2, -0.15) is 0 Å². The van der Waals surface area contributed by atoms with Gasteiger partial charge in [0.2, 0.25) is 5.91 Å². The highest BCUT2D eigenvalue weighted by Crippen LogP contribution is 2.17. The minimum absolute atomic E-state index is 0.278. The number of nitrogens with two attached hydrogens (primary N) is 1. The molecule has 0 saturated heterocycles. The molecule has 86 valence electrons. The molecular formula is C13H11FN2O. The lowest BCUT2D eigenvalue weighted by Crippen LogP contribution is -2.10. The van der Waals surface area contributed by atoms with Crippen LogP contribution in [0.2, 0.25) is 0 Å². The van der Waals surface area contributed by atoms with Crippen molar-refractivity contribution in [3.8, 4) is 0 Å². The second kappa shape index (κ2) is 4.65. The van der Waals surface area contributed by atoms with Gasteiger partial charge in [-0.05, 0) is 48.5 Å². The van der Waals surface area contributed by atoms with Crippen molar-refractivity contribution in [1.82, 2.24) is 0 Å². The second-order valence-corrected chi connectivity index (χ2v) is 3.57. The summed E-state index contributed by atoms with van der Waals surface area (Å²) < 4.78 is 12.7. The number of hydrogen-bond donors (Lipinski definition) is 2. The number of amides is 1. The van der Waals surface area contributed by atoms with Gasteiger partial charge < -0.3 is 11.1 Å². The van der Waals surface area contributed by atoms with E-state index in [-0.39, 0.29) is 5.82 Å². The smallest absolute Gasteiger partial charge is 0.248 e. The molecule has 2 aromatic carbocycles. The second-order valence-electron chi connectivity index (χ2n) is 3.57. The van der Waals surface area contributed by atoms with Crippen molar-refractivity contribution < 1.29 is 9.18 Å². The van der Waals surface area contributed by atoms with Crippen LogP contribution in [-0.2, 0) is 0 Å². The molecule has 0 aromatic heterocycles. The number of carbonyl (C=O) groups excluding carboxylic acids is 1. The molecule has 0 bridgehead atoms. The Hall–Kier alpha value is -2.36. The molecule has 0 fully saturated rings. The van der Waals surface area contributed by atoms with E-state index in [1.54, 1.807) is 36.4 Å². The Kier molecular flexibility index (Phi) is 3.05. The molecule has 1 amide bonds. The zero-order chi connectivity index (χ0) is 12.3. The Morgan fingerprint density at radius 3 is 1.88 bits per heavy atom. The standard InChI is InChI=1S/C13H11FN2O/c14-10-3-7-12(8-4-10)16-11-5-1-9(2-6-11)13(15)17/h1-8,16H,(H2,15,17). The van der Waals surface area contributed by atoms with E-state index in [1.165, 1.54) is 12.1 Å². The average molecular weight is 230 g/mol. The number of halogens is 1. The van der Waals surface area contributed by atoms with Crippen molar-refractivity contribution in [1.29, 1.82) is 0 Å². The van der Waals surface area contributed by atoms with Gasteiger partial charge in [-0.15, -0.1) is 0 Å². The van der Waals surface area contributed by atoms with E-state index < -0.39 is 5.91 Å². The largest absolute Gasteiger partial charge is 0.366 e. The fraction of sp³-hybridized carbons (Fsp3) is 0. The number of rotatable bonds is 3. The summed E-state index contributed by atoms with van der Waals surface area (Å²) in [7, 11) is 0. The molecule has 0 radical (unpaired) electrons. The summed E-state index contributed by atoms with van der Waals surface area (Å²) in [5.41, 5.74) is 7.17. The first-order chi connectivity index (χ1) is 8.15. The minimum Gasteiger partial charge on any atom is -0.366 e. The van der Waals surface area contributed by atoms with Gasteiger partial charge in [-0.1, -0.05) is 0 Å². The highest BCUT2D eigenvalue weighted by molar-refractivity contribution is 5.93. The van der Waals surface area contributed by atoms with Crippen LogP contribution in [0, 0.1) is 5.82 Å². The lowest BCUT2D eigenvalue weighted by Gasteiger charge is -2.06. The first kappa shape index (κ1) is 11.1. The molecule has 0 spiro atoms. The number of carbonyl (C=O) groups is 1. The van der Waals surface area contributed by atoms with E-state index in [0.29, 0.717) is 5.56 Å². The monoisotopic (exact) mass is 230 g/mol. The molecule has 3 N–H and O–H groups in total. The average Bonchev–Trinajstić information content (AvgIpc) is 2.33. The molecule has 0 saturated carbocycles. The van der Waals surface area contributed by atoms with Crippen LogP contribution in [0.5, 0.6) is 0 Å². The van der Waals surface area contributed by atoms with Crippen molar-refractivity contribution in [2.45, 2.75) is 0 Å². The van der Waals surface area contributed by atoms with E-state index >= 15 is 0 Å². The van der Waals surface area contributed by atoms with Crippen LogP contribution in [0.4, 0.5) is 15.8 Å². The Balaban J connectivity index is 2.13. The molecular weight excluding hydrogens is 219 g/mol. The molecule has 0 unspecified atom stereocenters. The van der Waals surface area contributed by atoms with E-state index in [4.69, 9.17) is 5.73 Å². The first-order valence-electron chi connectivity index (χ1n) is 5.07. The molecule has 0 aliphatic heterocycles. The predicted octanol–water partition coefficient (Wildman–Crippen LogP) is 2.67. The van der Waals surface area contributed by atoms with Gasteiger partial charge in [0, 0.05) is 16.9 Å². The third kappa shape index (κ3) is 2.81. The third-order valence-corrected chi connectivity index (χ3v) is 2.30. The van der Waals surface area contributed by atoms with Gasteiger partial charge in [-0.3, -0.25) is 4.79 Å². The van der Waals surface area contributed by atoms with Crippen LogP contribution < -0.4 is 11.1 Å². The molecule has 2 aromatic rings. The SMILES string of the molecule is NC(=O)c1ccc(Nc2ccc(F)cc2)cc1. The van der Waals surface area contributed by atoms with Crippen molar-refractivity contribution in [3.63, 3.8) is 0 Å². The fourth-order valence-electron chi connectivity index (χ4n) is 1.42. The molecule has 0 aliphatic carbocycles. The van der Waals surface area contributed by atoms with Gasteiger partial charge >= 0.3 is 0 Å². The van der Waals surface area contributed by atoms with Crippen molar-refractivity contribution in [2.75, 3.05) is 5.32 Å². The highest BCUT2D eigenvalue weighted by Gasteiger charge is 2.00. The summed E-state index contributed by atoms with van der Waals surface area (Å²) >= 11 is 0. The summed E-state index contributed by atoms with van der Waals surface area (Å²) in [5.74, 6) is -0.738. The molecule has 3 nitrogen and oxygen atoms in total. The van der Waals surface area contributed by atoms with Gasteiger partial charge in [-0.25, -0.2) is 4.39 Å². The van der Waals surface area contributed by atoms with Gasteiger partial charge in [0.25, 0.3) is 0 Å². The lowest BCUT2D eigenvalue weighted by molar-refractivity contribution is 0.100. The maximum Gasteiger partial charge on any atom is 0.248 e. The summed E-state index contributed by atoms with van der Waals surface area (Å²) in [6.45, 7) is 0. The quantitative estimate of drug-likeness (QED) is 0.851. The number of primary amides is 1. The van der Waals surface area contributed by atoms with E-state index in [0.717, 1.165) is 11.4 Å². The topological polar surface area (TPSA) is 55.1 Å². The zero-order valence-corrected chi connectivity index (χ0v) is 8.98. The normalized spacial score (nSPS) is 9.94. The fourth-order valence-corrected chi connectivity index (χ4v) is 1.42. The van der Waals surface area contributed by atoms with Gasteiger partial charge in [0.1, 0.15) is 5.82 Å². The lowest BCUT2D eigenvalue weighted by atomic mass is 10.2. The highest BCUT2D eigenvalue weighted by atomic mass is 19.1. The number of hydrogen-bond acceptors (Lipinski definition) is 2. The maximum atomic E-state index is 12.7. The van der Waals surface area contributed by atoms with Crippen molar-refractivity contribution in [2.24, 2.45) is 5.73 Å². The van der Waals surface area contributed by atoms with Crippen LogP contribution in [0.1, 0.15) is 10.4 Å². The summed E-state index contributed by atoms with van der Waals surface area (Å²) in [6.07, 6.45) is 0. The summed E-state index contributed by atoms with van der Waals surface area (Å²) in [5, 5.41) is 3.08. The molecule has 0 aliphatic rings. The Bertz CT molecular complexity index is 520. The van der Waals surface area contributed by atoms with Crippen LogP contribution in [-0.4, -0.2) is 5.91 Å². The van der Waals surface area contributed by atoms with Crippen LogP contribution in [0.15, 0.2) is 48.5 Å². The van der Waals surface area contributed by atoms with E-state index in [2.05, 4.69) is 5.32 Å². The number of benzene rings is 2. The van der Waals surface area contributed by atoms with Crippen LogP contribution in [0.25, 0.3) is 0 Å². The van der Waals surface area contributed by atoms with Crippen LogP contribution in [0.3, 0.4) is 0 Å². The summed E-state index contributed by atoms with van der Waals surface area (Å²) in [6, 6.07) is 12.8. The predicted molar refractivity (Wildman–Crippen MR) is 64.6 cm³/mol. The molecule has 0 atom stereocenters. The summed E-state index contributed by atoms with van der Waals surface area (Å²) in [4.78, 5) is 10.9. The van der Waals surface area contributed by atoms with Gasteiger partial charge in [0.15, 0.2) is 0 Å². The minimum atomic E-state index is -0.460. The first-order valence-corrected chi connectivity index (χ1v) is 5.07. The molecule has 0 heterocycles. The number of nitrogens with one attached hydrogen (secondary N) is 1. The zero-order valence-electron chi connectivity index (χ0n) is 8.98. The van der Waals surface area contributed by atoms with E-state index in [1.807, 2.05) is 0 Å². The van der Waals surface area contributed by atoms with Crippen molar-refractivity contribution in [3.05, 3.63) is 59.9 Å². The van der Waals surface area contributed by atoms with Crippen LogP contribution >= 0.6 is 0 Å². The third-order valence-electron chi connectivity index (χ3n) is 2.30. The Morgan fingerprint density at radius 2 is 1.41 bits per heavy atom. The number of anilines is 2. The Labute approximate surface area is 98.1 Å². The molecule has 4 heteroatoms.